The van der Waals surface area contributed by atoms with E-state index in [-0.39, 0.29) is 82.4 Å². The maximum atomic E-state index is 13.9. The number of nitrogens with two attached hydrogens (primary N) is 5. The van der Waals surface area contributed by atoms with Gasteiger partial charge in [-0.25, -0.2) is 4.79 Å². The average Bonchev–Trinajstić information content (AvgIpc) is 0.918. The van der Waals surface area contributed by atoms with E-state index in [0.29, 0.717) is 32.1 Å². The molecule has 1 aromatic rings. The number of carboxylic acid groups (broad SMARTS) is 1. The molecule has 0 aliphatic rings. The molecule has 12 atom stereocenters. The number of carboxylic acids is 1. The highest BCUT2D eigenvalue weighted by Gasteiger charge is 2.35. The molecule has 0 aliphatic heterocycles. The number of aromatic hydroxyl groups is 1. The van der Waals surface area contributed by atoms with Crippen molar-refractivity contribution in [1.29, 1.82) is 0 Å². The maximum Gasteiger partial charge on any atom is 0.326 e. The molecule has 582 valence electrons. The number of unbranched alkanes of at least 4 members (excludes halogenated alkanes) is 4. The first-order valence-electron chi connectivity index (χ1n) is 33.0. The number of hydrogen-bond acceptors (Lipinski definition) is 28. The molecule has 0 bridgehead atoms. The number of amides is 14. The summed E-state index contributed by atoms with van der Waals surface area (Å²) < 4.78 is 0. The van der Waals surface area contributed by atoms with E-state index in [1.807, 2.05) is 0 Å². The van der Waals surface area contributed by atoms with Crippen molar-refractivity contribution in [2.75, 3.05) is 92.1 Å². The number of nitrogens with one attached hydrogen (secondary N) is 14. The van der Waals surface area contributed by atoms with Crippen LogP contribution in [0.15, 0.2) is 24.3 Å². The minimum atomic E-state index is -1.89. The molecule has 43 heteroatoms. The zero-order valence-electron chi connectivity index (χ0n) is 56.9. The van der Waals surface area contributed by atoms with Gasteiger partial charge in [0.05, 0.1) is 65.9 Å². The molecule has 0 saturated heterocycles. The summed E-state index contributed by atoms with van der Waals surface area (Å²) in [5.41, 5.74) is 28.0. The van der Waals surface area contributed by atoms with Gasteiger partial charge in [-0.2, -0.15) is 0 Å². The third kappa shape index (κ3) is 35.8. The van der Waals surface area contributed by atoms with Crippen molar-refractivity contribution in [1.82, 2.24) is 74.4 Å². The number of aliphatic hydroxyl groups excluding tert-OH is 7. The minimum absolute atomic E-state index is 0.00188. The molecule has 33 N–H and O–H groups in total. The Bertz CT molecular complexity index is 2900. The van der Waals surface area contributed by atoms with Crippen LogP contribution in [0, 0.1) is 0 Å². The SMILES string of the molecule is NCCCCC(NC(=O)C(CO)NC(=O)CNC(=O)C(CCCCN)NC(=O)C(CO)NC(=O)CNC(=O)C(CO)NC(=O)C(Cc1ccc(O)cc1)NC(=O)C(CO)NC(=O)CNC(=O)C(CO)NC(=O)C(CCCCN)NC(=O)C(CCCCN)NC(=O)C(CO)NC(=O)C(N)CO)C(=O)O. The number of carbonyl (C=O) groups is 15. The van der Waals surface area contributed by atoms with Crippen molar-refractivity contribution in [3.05, 3.63) is 29.8 Å². The lowest BCUT2D eigenvalue weighted by molar-refractivity contribution is -0.142. The monoisotopic (exact) mass is 1470 g/mol. The van der Waals surface area contributed by atoms with Crippen molar-refractivity contribution in [2.24, 2.45) is 28.7 Å². The Labute approximate surface area is 591 Å². The van der Waals surface area contributed by atoms with E-state index >= 15 is 0 Å². The lowest BCUT2D eigenvalue weighted by atomic mass is 10.0. The molecule has 0 fully saturated rings. The van der Waals surface area contributed by atoms with Gasteiger partial charge in [-0.05, 0) is 121 Å². The molecule has 1 rings (SSSR count). The molecule has 0 radical (unpaired) electrons. The molecule has 0 heterocycles. The van der Waals surface area contributed by atoms with Crippen LogP contribution < -0.4 is 103 Å². The number of rotatable bonds is 54. The summed E-state index contributed by atoms with van der Waals surface area (Å²) >= 11 is 0. The van der Waals surface area contributed by atoms with Crippen LogP contribution in [0.2, 0.25) is 0 Å². The van der Waals surface area contributed by atoms with E-state index in [4.69, 9.17) is 28.7 Å². The fourth-order valence-electron chi connectivity index (χ4n) is 9.15. The van der Waals surface area contributed by atoms with E-state index in [2.05, 4.69) is 74.4 Å². The van der Waals surface area contributed by atoms with E-state index < -0.39 is 233 Å². The summed E-state index contributed by atoms with van der Waals surface area (Å²) in [5.74, 6) is -16.9. The van der Waals surface area contributed by atoms with Gasteiger partial charge in [0.25, 0.3) is 0 Å². The van der Waals surface area contributed by atoms with Gasteiger partial charge < -0.3 is 149 Å². The van der Waals surface area contributed by atoms with Crippen molar-refractivity contribution >= 4 is 88.7 Å². The summed E-state index contributed by atoms with van der Waals surface area (Å²) in [6.45, 7) is -9.16. The topological polar surface area (TPSA) is 737 Å². The molecule has 103 heavy (non-hydrogen) atoms. The number of aliphatic hydroxyl groups is 7. The molecule has 0 aromatic heterocycles. The predicted octanol–water partition coefficient (Wildman–Crippen LogP) is -14.5. The molecule has 14 amide bonds. The van der Waals surface area contributed by atoms with E-state index in [1.165, 1.54) is 24.3 Å². The predicted molar refractivity (Wildman–Crippen MR) is 359 cm³/mol. The second-order valence-corrected chi connectivity index (χ2v) is 23.2. The zero-order chi connectivity index (χ0) is 77.6. The number of aliphatic carboxylic acids is 1. The number of benzene rings is 1. The van der Waals surface area contributed by atoms with Crippen LogP contribution in [0.4, 0.5) is 0 Å². The van der Waals surface area contributed by atoms with Crippen LogP contribution in [0.1, 0.15) is 82.6 Å². The van der Waals surface area contributed by atoms with Gasteiger partial charge in [0.2, 0.25) is 82.7 Å². The highest BCUT2D eigenvalue weighted by molar-refractivity contribution is 5.99. The third-order valence-corrected chi connectivity index (χ3v) is 15.1. The Morgan fingerprint density at radius 1 is 0.301 bits per heavy atom. The van der Waals surface area contributed by atoms with Crippen molar-refractivity contribution in [3.63, 3.8) is 0 Å². The van der Waals surface area contributed by atoms with Crippen LogP contribution >= 0.6 is 0 Å². The lowest BCUT2D eigenvalue weighted by Crippen LogP contribution is -2.60. The number of phenolic OH excluding ortho intramolecular Hbond substituents is 1. The maximum absolute atomic E-state index is 13.9. The second-order valence-electron chi connectivity index (χ2n) is 23.2. The first kappa shape index (κ1) is 91.6. The van der Waals surface area contributed by atoms with Crippen molar-refractivity contribution in [2.45, 2.75) is 156 Å². The minimum Gasteiger partial charge on any atom is -0.508 e. The summed E-state index contributed by atoms with van der Waals surface area (Å²) in [4.78, 5) is 197. The highest BCUT2D eigenvalue weighted by Crippen LogP contribution is 2.13. The molecule has 0 aliphatic carbocycles. The van der Waals surface area contributed by atoms with Crippen LogP contribution in [-0.4, -0.2) is 299 Å². The number of phenols is 1. The molecule has 1 aromatic carbocycles. The fourth-order valence-corrected chi connectivity index (χ4v) is 9.15. The summed E-state index contributed by atoms with van der Waals surface area (Å²) in [6.07, 6.45) is 1.95. The third-order valence-electron chi connectivity index (χ3n) is 15.1. The summed E-state index contributed by atoms with van der Waals surface area (Å²) in [5, 5.41) is 120. The van der Waals surface area contributed by atoms with Gasteiger partial charge in [-0.1, -0.05) is 12.1 Å². The van der Waals surface area contributed by atoms with E-state index in [0.717, 1.165) is 0 Å². The Hall–Kier alpha value is -9.41. The number of carbonyl (C=O) groups excluding carboxylic acids is 14. The lowest BCUT2D eigenvalue weighted by Gasteiger charge is -2.26. The Morgan fingerprint density at radius 2 is 0.544 bits per heavy atom. The van der Waals surface area contributed by atoms with Crippen LogP contribution in [0.25, 0.3) is 0 Å². The van der Waals surface area contributed by atoms with Gasteiger partial charge >= 0.3 is 5.97 Å². The van der Waals surface area contributed by atoms with Gasteiger partial charge in [0.1, 0.15) is 78.3 Å². The van der Waals surface area contributed by atoms with Crippen LogP contribution in [-0.2, 0) is 78.3 Å². The van der Waals surface area contributed by atoms with Gasteiger partial charge in [0.15, 0.2) is 0 Å². The smallest absolute Gasteiger partial charge is 0.326 e. The largest absolute Gasteiger partial charge is 0.508 e. The highest BCUT2D eigenvalue weighted by atomic mass is 16.4. The van der Waals surface area contributed by atoms with Crippen LogP contribution in [0.3, 0.4) is 0 Å². The molecule has 0 spiro atoms. The quantitative estimate of drug-likeness (QED) is 0.0269. The second kappa shape index (κ2) is 51.7. The summed E-state index contributed by atoms with van der Waals surface area (Å²) in [6, 6.07) is -14.3. The van der Waals surface area contributed by atoms with E-state index in [9.17, 15) is 118 Å². The Balaban J connectivity index is 3.15. The number of hydrogen-bond donors (Lipinski definition) is 28. The van der Waals surface area contributed by atoms with Crippen molar-refractivity contribution in [3.8, 4) is 5.75 Å². The average molecular weight is 1470 g/mol. The molecule has 0 saturated carbocycles. The van der Waals surface area contributed by atoms with E-state index in [1.54, 1.807) is 0 Å². The van der Waals surface area contributed by atoms with Gasteiger partial charge in [-0.15, -0.1) is 0 Å². The van der Waals surface area contributed by atoms with Gasteiger partial charge in [-0.3, -0.25) is 67.1 Å². The first-order valence-corrected chi connectivity index (χ1v) is 33.0. The normalized spacial score (nSPS) is 14.5. The first-order chi connectivity index (χ1) is 49.0. The summed E-state index contributed by atoms with van der Waals surface area (Å²) in [7, 11) is 0. The standard InChI is InChI=1S/C60H103N19O24/c61-17-5-1-9-35(50(92)66-22-46(88)70-43(29-84)57(99)75-38(60(102)103)12-4-8-20-64)72-56(98)42(28-83)69-47(89)23-68-52(94)41(27-82)79-55(97)39(21-32-13-15-33(87)16-14-32)76-58(100)44(30-85)71-48(90)24-67-51(93)40(26-81)78-54(96)37(11-3-7-19-63)73-53(95)36(10-2-6-18-62)74-59(101)45(31-86)77-49(91)34(65)25-80/h13-16,34-45,80-87H,1-12,17-31,61-65H2,(H,66,92)(H,67,93)(H,68,94)(H,69,89)(H,70,88)(H,71,90)(H,72,98)(H,73,95)(H,74,101)(H,75,99)(H,76,100)(H,77,91)(H,78,96)(H,79,97)(H,102,103). The van der Waals surface area contributed by atoms with Gasteiger partial charge in [0, 0.05) is 6.42 Å². The molecule has 43 nitrogen and oxygen atoms in total. The molecular weight excluding hydrogens is 1370 g/mol. The molecular formula is C60H103N19O24. The van der Waals surface area contributed by atoms with Crippen molar-refractivity contribution < 1.29 is 118 Å². The Kier molecular flexibility index (Phi) is 46.0. The zero-order valence-corrected chi connectivity index (χ0v) is 56.9. The fraction of sp³-hybridized carbons (Fsp3) is 0.650. The Morgan fingerprint density at radius 3 is 0.854 bits per heavy atom. The van der Waals surface area contributed by atoms with Crippen LogP contribution in [0.5, 0.6) is 5.75 Å². The molecule has 12 unspecified atom stereocenters.